The molecule has 1 aromatic rings. The van der Waals surface area contributed by atoms with Gasteiger partial charge in [-0.3, -0.25) is 5.10 Å². The highest BCUT2D eigenvalue weighted by Gasteiger charge is 2.32. The summed E-state index contributed by atoms with van der Waals surface area (Å²) < 4.78 is 0. The summed E-state index contributed by atoms with van der Waals surface area (Å²) in [6.07, 6.45) is 5.77. The predicted octanol–water partition coefficient (Wildman–Crippen LogP) is 1.75. The van der Waals surface area contributed by atoms with Gasteiger partial charge in [0.1, 0.15) is 5.82 Å². The molecule has 1 fully saturated rings. The molecule has 15 heavy (non-hydrogen) atoms. The van der Waals surface area contributed by atoms with E-state index in [0.717, 1.165) is 37.5 Å². The van der Waals surface area contributed by atoms with Gasteiger partial charge in [0, 0.05) is 6.42 Å². The maximum Gasteiger partial charge on any atom is 0.170 e. The Morgan fingerprint density at radius 2 is 2.27 bits per heavy atom. The lowest BCUT2D eigenvalue weighted by Gasteiger charge is -2.32. The summed E-state index contributed by atoms with van der Waals surface area (Å²) >= 11 is 0. The van der Waals surface area contributed by atoms with Crippen LogP contribution in [-0.4, -0.2) is 21.7 Å². The minimum absolute atomic E-state index is 0.0132. The van der Waals surface area contributed by atoms with Gasteiger partial charge >= 0.3 is 0 Å². The van der Waals surface area contributed by atoms with Gasteiger partial charge in [-0.1, -0.05) is 6.92 Å². The number of aromatic nitrogens is 3. The van der Waals surface area contributed by atoms with E-state index in [1.807, 2.05) is 0 Å². The Morgan fingerprint density at radius 1 is 1.40 bits per heavy atom. The molecule has 1 unspecified atom stereocenters. The van der Waals surface area contributed by atoms with Gasteiger partial charge in [0.05, 0.1) is 5.54 Å². The molecule has 2 rings (SSSR count). The van der Waals surface area contributed by atoms with Gasteiger partial charge in [-0.25, -0.2) is 4.98 Å². The van der Waals surface area contributed by atoms with Crippen LogP contribution in [0.15, 0.2) is 0 Å². The number of aromatic amines is 1. The zero-order valence-corrected chi connectivity index (χ0v) is 9.64. The monoisotopic (exact) mass is 208 g/mol. The SMILES string of the molecule is CCCc1nc(C2(C)CCCCN2)n[nH]1. The molecule has 0 spiro atoms. The van der Waals surface area contributed by atoms with E-state index in [2.05, 4.69) is 34.3 Å². The van der Waals surface area contributed by atoms with Crippen molar-refractivity contribution in [2.45, 2.75) is 51.5 Å². The van der Waals surface area contributed by atoms with E-state index in [9.17, 15) is 0 Å². The summed E-state index contributed by atoms with van der Waals surface area (Å²) in [5.74, 6) is 1.95. The molecule has 0 amide bonds. The second kappa shape index (κ2) is 4.31. The van der Waals surface area contributed by atoms with Crippen LogP contribution in [0.4, 0.5) is 0 Å². The van der Waals surface area contributed by atoms with Crippen LogP contribution in [0.1, 0.15) is 51.2 Å². The lowest BCUT2D eigenvalue weighted by Crippen LogP contribution is -2.44. The van der Waals surface area contributed by atoms with Crippen LogP contribution in [0.2, 0.25) is 0 Å². The maximum absolute atomic E-state index is 4.57. The highest BCUT2D eigenvalue weighted by molar-refractivity contribution is 5.06. The summed E-state index contributed by atoms with van der Waals surface area (Å²) in [5.41, 5.74) is -0.0132. The van der Waals surface area contributed by atoms with Crippen LogP contribution in [0.3, 0.4) is 0 Å². The van der Waals surface area contributed by atoms with Gasteiger partial charge in [-0.05, 0) is 39.2 Å². The molecule has 4 heteroatoms. The zero-order chi connectivity index (χ0) is 10.7. The minimum atomic E-state index is -0.0132. The van der Waals surface area contributed by atoms with Gasteiger partial charge < -0.3 is 5.32 Å². The van der Waals surface area contributed by atoms with Crippen molar-refractivity contribution >= 4 is 0 Å². The zero-order valence-electron chi connectivity index (χ0n) is 9.64. The first-order valence-corrected chi connectivity index (χ1v) is 5.91. The lowest BCUT2D eigenvalue weighted by molar-refractivity contribution is 0.269. The van der Waals surface area contributed by atoms with Crippen molar-refractivity contribution in [3.8, 4) is 0 Å². The second-order valence-corrected chi connectivity index (χ2v) is 4.57. The average Bonchev–Trinajstić information content (AvgIpc) is 2.69. The van der Waals surface area contributed by atoms with E-state index < -0.39 is 0 Å². The van der Waals surface area contributed by atoms with Crippen LogP contribution in [0.25, 0.3) is 0 Å². The molecule has 0 saturated carbocycles. The van der Waals surface area contributed by atoms with E-state index in [1.54, 1.807) is 0 Å². The van der Waals surface area contributed by atoms with Gasteiger partial charge in [0.2, 0.25) is 0 Å². The smallest absolute Gasteiger partial charge is 0.170 e. The Morgan fingerprint density at radius 3 is 2.93 bits per heavy atom. The molecule has 1 atom stereocenters. The number of H-pyrrole nitrogens is 1. The molecule has 84 valence electrons. The first kappa shape index (κ1) is 10.6. The van der Waals surface area contributed by atoms with E-state index in [4.69, 9.17) is 0 Å². The number of aryl methyl sites for hydroxylation is 1. The third-order valence-electron chi connectivity index (χ3n) is 3.13. The van der Waals surface area contributed by atoms with E-state index in [0.29, 0.717) is 0 Å². The van der Waals surface area contributed by atoms with Crippen molar-refractivity contribution in [2.24, 2.45) is 0 Å². The first-order valence-electron chi connectivity index (χ1n) is 5.91. The fourth-order valence-electron chi connectivity index (χ4n) is 2.14. The standard InChI is InChI=1S/C11H20N4/c1-3-6-9-13-10(15-14-9)11(2)7-4-5-8-12-11/h12H,3-8H2,1-2H3,(H,13,14,15). The molecular formula is C11H20N4. The van der Waals surface area contributed by atoms with Gasteiger partial charge in [-0.2, -0.15) is 5.10 Å². The molecule has 0 bridgehead atoms. The van der Waals surface area contributed by atoms with Crippen LogP contribution in [0, 0.1) is 0 Å². The largest absolute Gasteiger partial charge is 0.305 e. The quantitative estimate of drug-likeness (QED) is 0.795. The highest BCUT2D eigenvalue weighted by Crippen LogP contribution is 2.27. The molecule has 2 N–H and O–H groups in total. The van der Waals surface area contributed by atoms with Crippen molar-refractivity contribution < 1.29 is 0 Å². The molecule has 4 nitrogen and oxygen atoms in total. The van der Waals surface area contributed by atoms with E-state index in [-0.39, 0.29) is 5.54 Å². The normalized spacial score (nSPS) is 26.8. The molecule has 0 radical (unpaired) electrons. The van der Waals surface area contributed by atoms with E-state index >= 15 is 0 Å². The fraction of sp³-hybridized carbons (Fsp3) is 0.818. The van der Waals surface area contributed by atoms with Gasteiger partial charge in [0.25, 0.3) is 0 Å². The third kappa shape index (κ3) is 2.20. The van der Waals surface area contributed by atoms with Gasteiger partial charge in [-0.15, -0.1) is 0 Å². The number of nitrogens with one attached hydrogen (secondary N) is 2. The first-order chi connectivity index (χ1) is 7.24. The topological polar surface area (TPSA) is 53.6 Å². The fourth-order valence-corrected chi connectivity index (χ4v) is 2.14. The molecule has 1 aliphatic heterocycles. The lowest BCUT2D eigenvalue weighted by atomic mass is 9.90. The molecule has 1 aliphatic rings. The molecular weight excluding hydrogens is 188 g/mol. The maximum atomic E-state index is 4.57. The number of piperidine rings is 1. The Bertz CT molecular complexity index is 312. The Labute approximate surface area is 90.9 Å². The summed E-state index contributed by atoms with van der Waals surface area (Å²) in [4.78, 5) is 4.57. The van der Waals surface area contributed by atoms with Gasteiger partial charge in [0.15, 0.2) is 5.82 Å². The average molecular weight is 208 g/mol. The number of hydrogen-bond donors (Lipinski definition) is 2. The highest BCUT2D eigenvalue weighted by atomic mass is 15.2. The van der Waals surface area contributed by atoms with E-state index in [1.165, 1.54) is 12.8 Å². The summed E-state index contributed by atoms with van der Waals surface area (Å²) in [5, 5.41) is 10.9. The van der Waals surface area contributed by atoms with Crippen molar-refractivity contribution in [3.63, 3.8) is 0 Å². The van der Waals surface area contributed by atoms with Crippen molar-refractivity contribution in [2.75, 3.05) is 6.54 Å². The Kier molecular flexibility index (Phi) is 3.05. The molecule has 1 aromatic heterocycles. The van der Waals surface area contributed by atoms with Crippen LogP contribution < -0.4 is 5.32 Å². The summed E-state index contributed by atoms with van der Waals surface area (Å²) in [7, 11) is 0. The number of nitrogens with zero attached hydrogens (tertiary/aromatic N) is 2. The number of rotatable bonds is 3. The third-order valence-corrected chi connectivity index (χ3v) is 3.13. The molecule has 2 heterocycles. The number of hydrogen-bond acceptors (Lipinski definition) is 3. The van der Waals surface area contributed by atoms with Crippen LogP contribution in [-0.2, 0) is 12.0 Å². The molecule has 1 saturated heterocycles. The van der Waals surface area contributed by atoms with Crippen molar-refractivity contribution in [1.82, 2.24) is 20.5 Å². The van der Waals surface area contributed by atoms with Crippen molar-refractivity contribution in [3.05, 3.63) is 11.6 Å². The minimum Gasteiger partial charge on any atom is -0.305 e. The molecule has 0 aromatic carbocycles. The van der Waals surface area contributed by atoms with Crippen molar-refractivity contribution in [1.29, 1.82) is 0 Å². The summed E-state index contributed by atoms with van der Waals surface area (Å²) in [6, 6.07) is 0. The Hall–Kier alpha value is -0.900. The predicted molar refractivity (Wildman–Crippen MR) is 59.6 cm³/mol. The second-order valence-electron chi connectivity index (χ2n) is 4.57. The summed E-state index contributed by atoms with van der Waals surface area (Å²) in [6.45, 7) is 5.43. The van der Waals surface area contributed by atoms with Crippen LogP contribution in [0.5, 0.6) is 0 Å². The Balaban J connectivity index is 2.12. The molecule has 0 aliphatic carbocycles. The van der Waals surface area contributed by atoms with Crippen LogP contribution >= 0.6 is 0 Å².